The van der Waals surface area contributed by atoms with Gasteiger partial charge in [0.15, 0.2) is 5.69 Å². The summed E-state index contributed by atoms with van der Waals surface area (Å²) in [7, 11) is 0. The summed E-state index contributed by atoms with van der Waals surface area (Å²) in [6.45, 7) is 8.13. The van der Waals surface area contributed by atoms with Crippen LogP contribution in [0.15, 0.2) is 18.5 Å². The molecule has 6 heteroatoms. The molecular formula is C13H19N5O. The Morgan fingerprint density at radius 3 is 2.68 bits per heavy atom. The van der Waals surface area contributed by atoms with Crippen LogP contribution in [0, 0.1) is 0 Å². The molecular weight excluding hydrogens is 242 g/mol. The van der Waals surface area contributed by atoms with Gasteiger partial charge in [0.2, 0.25) is 0 Å². The molecule has 0 aliphatic carbocycles. The predicted molar refractivity (Wildman–Crippen MR) is 73.2 cm³/mol. The van der Waals surface area contributed by atoms with Gasteiger partial charge in [-0.1, -0.05) is 13.8 Å². The van der Waals surface area contributed by atoms with Crippen LogP contribution in [0.1, 0.15) is 55.7 Å². The highest BCUT2D eigenvalue weighted by molar-refractivity contribution is 6.02. The largest absolute Gasteiger partial charge is 0.305 e. The number of aromatic nitrogens is 4. The second kappa shape index (κ2) is 5.26. The summed E-state index contributed by atoms with van der Waals surface area (Å²) in [6.07, 6.45) is 3.53. The first-order valence-electron chi connectivity index (χ1n) is 6.38. The van der Waals surface area contributed by atoms with E-state index < -0.39 is 0 Å². The van der Waals surface area contributed by atoms with E-state index in [-0.39, 0.29) is 11.9 Å². The SMILES string of the molecule is CC(C)c1cn[nH]c1NC(=O)c1ccn(C(C)C)n1. The van der Waals surface area contributed by atoms with E-state index in [1.165, 1.54) is 0 Å². The average molecular weight is 261 g/mol. The van der Waals surface area contributed by atoms with E-state index in [4.69, 9.17) is 0 Å². The van der Waals surface area contributed by atoms with Crippen LogP contribution in [0.5, 0.6) is 0 Å². The van der Waals surface area contributed by atoms with E-state index in [9.17, 15) is 4.79 Å². The summed E-state index contributed by atoms with van der Waals surface area (Å²) in [5, 5.41) is 13.8. The number of amides is 1. The van der Waals surface area contributed by atoms with Crippen molar-refractivity contribution in [2.45, 2.75) is 39.7 Å². The van der Waals surface area contributed by atoms with Crippen molar-refractivity contribution in [3.63, 3.8) is 0 Å². The molecule has 6 nitrogen and oxygen atoms in total. The number of nitrogens with zero attached hydrogens (tertiary/aromatic N) is 3. The van der Waals surface area contributed by atoms with Crippen LogP contribution in [-0.2, 0) is 0 Å². The van der Waals surface area contributed by atoms with Gasteiger partial charge in [0.05, 0.1) is 6.20 Å². The molecule has 0 unspecified atom stereocenters. The number of hydrogen-bond acceptors (Lipinski definition) is 3. The molecule has 2 aromatic rings. The van der Waals surface area contributed by atoms with Gasteiger partial charge in [-0.15, -0.1) is 0 Å². The highest BCUT2D eigenvalue weighted by atomic mass is 16.2. The molecule has 2 rings (SSSR count). The third-order valence-corrected chi connectivity index (χ3v) is 2.90. The molecule has 19 heavy (non-hydrogen) atoms. The molecule has 0 aromatic carbocycles. The molecule has 2 heterocycles. The second-order valence-corrected chi connectivity index (χ2v) is 5.08. The number of anilines is 1. The van der Waals surface area contributed by atoms with Gasteiger partial charge in [-0.05, 0) is 25.8 Å². The smallest absolute Gasteiger partial charge is 0.277 e. The maximum Gasteiger partial charge on any atom is 0.277 e. The second-order valence-electron chi connectivity index (χ2n) is 5.08. The predicted octanol–water partition coefficient (Wildman–Crippen LogP) is 2.56. The van der Waals surface area contributed by atoms with E-state index >= 15 is 0 Å². The maximum absolute atomic E-state index is 12.1. The lowest BCUT2D eigenvalue weighted by Gasteiger charge is -2.07. The lowest BCUT2D eigenvalue weighted by atomic mass is 10.1. The normalized spacial score (nSPS) is 11.3. The summed E-state index contributed by atoms with van der Waals surface area (Å²) in [5.41, 5.74) is 1.38. The number of hydrogen-bond donors (Lipinski definition) is 2. The van der Waals surface area contributed by atoms with Crippen molar-refractivity contribution >= 4 is 11.7 Å². The molecule has 0 atom stereocenters. The van der Waals surface area contributed by atoms with Crippen molar-refractivity contribution in [3.8, 4) is 0 Å². The maximum atomic E-state index is 12.1. The van der Waals surface area contributed by atoms with Gasteiger partial charge in [-0.3, -0.25) is 14.6 Å². The molecule has 2 aromatic heterocycles. The monoisotopic (exact) mass is 261 g/mol. The van der Waals surface area contributed by atoms with E-state index in [0.29, 0.717) is 17.4 Å². The van der Waals surface area contributed by atoms with E-state index in [1.807, 2.05) is 27.7 Å². The fraction of sp³-hybridized carbons (Fsp3) is 0.462. The van der Waals surface area contributed by atoms with Crippen LogP contribution in [0.3, 0.4) is 0 Å². The molecule has 0 aliphatic heterocycles. The number of H-pyrrole nitrogens is 1. The van der Waals surface area contributed by atoms with Crippen molar-refractivity contribution < 1.29 is 4.79 Å². The van der Waals surface area contributed by atoms with Gasteiger partial charge in [0.25, 0.3) is 5.91 Å². The van der Waals surface area contributed by atoms with E-state index in [0.717, 1.165) is 5.56 Å². The zero-order chi connectivity index (χ0) is 14.0. The Bertz CT molecular complexity index is 567. The average Bonchev–Trinajstić information content (AvgIpc) is 2.96. The van der Waals surface area contributed by atoms with E-state index in [1.54, 1.807) is 23.1 Å². The van der Waals surface area contributed by atoms with Crippen LogP contribution in [0.25, 0.3) is 0 Å². The van der Waals surface area contributed by atoms with Crippen molar-refractivity contribution in [1.29, 1.82) is 0 Å². The van der Waals surface area contributed by atoms with Gasteiger partial charge in [0.1, 0.15) is 5.82 Å². The Hall–Kier alpha value is -2.11. The topological polar surface area (TPSA) is 75.6 Å². The Labute approximate surface area is 112 Å². The van der Waals surface area contributed by atoms with Crippen LogP contribution < -0.4 is 5.32 Å². The summed E-state index contributed by atoms with van der Waals surface area (Å²) >= 11 is 0. The Morgan fingerprint density at radius 2 is 2.11 bits per heavy atom. The highest BCUT2D eigenvalue weighted by Crippen LogP contribution is 2.21. The van der Waals surface area contributed by atoms with Crippen molar-refractivity contribution in [1.82, 2.24) is 20.0 Å². The molecule has 0 spiro atoms. The van der Waals surface area contributed by atoms with Crippen molar-refractivity contribution in [3.05, 3.63) is 29.7 Å². The van der Waals surface area contributed by atoms with Gasteiger partial charge in [-0.25, -0.2) is 0 Å². The Balaban J connectivity index is 2.14. The molecule has 0 saturated heterocycles. The van der Waals surface area contributed by atoms with Gasteiger partial charge >= 0.3 is 0 Å². The summed E-state index contributed by atoms with van der Waals surface area (Å²) in [6, 6.07) is 1.95. The molecule has 0 bridgehead atoms. The van der Waals surface area contributed by atoms with Gasteiger partial charge in [-0.2, -0.15) is 10.2 Å². The molecule has 0 fully saturated rings. The quantitative estimate of drug-likeness (QED) is 0.888. The zero-order valence-corrected chi connectivity index (χ0v) is 11.6. The number of aromatic amines is 1. The minimum atomic E-state index is -0.231. The van der Waals surface area contributed by atoms with E-state index in [2.05, 4.69) is 20.6 Å². The van der Waals surface area contributed by atoms with Crippen LogP contribution in [0.2, 0.25) is 0 Å². The fourth-order valence-electron chi connectivity index (χ4n) is 1.76. The lowest BCUT2D eigenvalue weighted by molar-refractivity contribution is 0.102. The van der Waals surface area contributed by atoms with Gasteiger partial charge < -0.3 is 5.32 Å². The Morgan fingerprint density at radius 1 is 1.37 bits per heavy atom. The van der Waals surface area contributed by atoms with Crippen molar-refractivity contribution in [2.24, 2.45) is 0 Å². The fourth-order valence-corrected chi connectivity index (χ4v) is 1.76. The van der Waals surface area contributed by atoms with Crippen LogP contribution in [-0.4, -0.2) is 25.9 Å². The summed E-state index contributed by atoms with van der Waals surface area (Å²) in [5.74, 6) is 0.701. The third-order valence-electron chi connectivity index (χ3n) is 2.90. The third kappa shape index (κ3) is 2.83. The number of rotatable bonds is 4. The molecule has 1 amide bonds. The van der Waals surface area contributed by atoms with Crippen LogP contribution >= 0.6 is 0 Å². The van der Waals surface area contributed by atoms with Gasteiger partial charge in [0, 0.05) is 17.8 Å². The number of nitrogens with one attached hydrogen (secondary N) is 2. The molecule has 0 aliphatic rings. The first-order valence-corrected chi connectivity index (χ1v) is 6.38. The summed E-state index contributed by atoms with van der Waals surface area (Å²) < 4.78 is 1.76. The summed E-state index contributed by atoms with van der Waals surface area (Å²) in [4.78, 5) is 12.1. The Kier molecular flexibility index (Phi) is 3.69. The molecule has 102 valence electrons. The first-order chi connectivity index (χ1) is 8.99. The van der Waals surface area contributed by atoms with Crippen LogP contribution in [0.4, 0.5) is 5.82 Å². The molecule has 0 radical (unpaired) electrons. The number of carbonyl (C=O) groups is 1. The number of carbonyl (C=O) groups excluding carboxylic acids is 1. The minimum Gasteiger partial charge on any atom is -0.305 e. The highest BCUT2D eigenvalue weighted by Gasteiger charge is 2.15. The standard InChI is InChI=1S/C13H19N5O/c1-8(2)10-7-14-16-12(10)15-13(19)11-5-6-18(17-11)9(3)4/h5-9H,1-4H3,(H2,14,15,16,19). The molecule has 0 saturated carbocycles. The van der Waals surface area contributed by atoms with Crippen molar-refractivity contribution in [2.75, 3.05) is 5.32 Å². The minimum absolute atomic E-state index is 0.231. The molecule has 2 N–H and O–H groups in total. The lowest BCUT2D eigenvalue weighted by Crippen LogP contribution is -2.15. The zero-order valence-electron chi connectivity index (χ0n) is 11.6. The first kappa shape index (κ1) is 13.3.